The molecule has 0 spiro atoms. The second kappa shape index (κ2) is 9.18. The van der Waals surface area contributed by atoms with Gasteiger partial charge in [-0.3, -0.25) is 14.2 Å². The number of hydrogen-bond donors (Lipinski definition) is 0. The molecule has 0 radical (unpaired) electrons. The lowest BCUT2D eigenvalue weighted by atomic mass is 10.1. The molecule has 0 saturated carbocycles. The molecule has 3 aromatic rings. The fraction of sp³-hybridized carbons (Fsp3) is 0.190. The van der Waals surface area contributed by atoms with Crippen molar-refractivity contribution >= 4 is 5.78 Å². The Labute approximate surface area is 188 Å². The van der Waals surface area contributed by atoms with Crippen LogP contribution < -0.4 is 20.7 Å². The van der Waals surface area contributed by atoms with Gasteiger partial charge in [0.25, 0.3) is 11.4 Å². The van der Waals surface area contributed by atoms with E-state index < -0.39 is 34.6 Å². The molecule has 0 atom stereocenters. The molecule has 0 unspecified atom stereocenters. The van der Waals surface area contributed by atoms with Gasteiger partial charge in [-0.05, 0) is 25.1 Å². The molecule has 0 N–H and O–H groups in total. The summed E-state index contributed by atoms with van der Waals surface area (Å²) in [5, 5.41) is 9.36. The topological polar surface area (TPSA) is 116 Å². The van der Waals surface area contributed by atoms with Gasteiger partial charge in [0.1, 0.15) is 29.9 Å². The predicted octanol–water partition coefficient (Wildman–Crippen LogP) is 2.72. The molecule has 34 heavy (non-hydrogen) atoms. The van der Waals surface area contributed by atoms with Gasteiger partial charge in [-0.1, -0.05) is 0 Å². The summed E-state index contributed by atoms with van der Waals surface area (Å²) in [7, 11) is 0.772. The first-order valence-corrected chi connectivity index (χ1v) is 9.33. The third-order valence-corrected chi connectivity index (χ3v) is 4.39. The van der Waals surface area contributed by atoms with E-state index in [-0.39, 0.29) is 50.5 Å². The van der Waals surface area contributed by atoms with Gasteiger partial charge in [-0.2, -0.15) is 18.4 Å². The van der Waals surface area contributed by atoms with Gasteiger partial charge in [-0.25, -0.2) is 18.7 Å². The average Bonchev–Trinajstić information content (AvgIpc) is 2.76. The van der Waals surface area contributed by atoms with E-state index in [1.165, 1.54) is 25.3 Å². The molecule has 1 aromatic carbocycles. The van der Waals surface area contributed by atoms with Crippen LogP contribution in [0.1, 0.15) is 18.2 Å². The molecule has 9 nitrogen and oxygen atoms in total. The maximum absolute atomic E-state index is 14.7. The highest BCUT2D eigenvalue weighted by Gasteiger charge is 2.35. The number of benzene rings is 1. The molecule has 0 bridgehead atoms. The van der Waals surface area contributed by atoms with Crippen LogP contribution in [0.2, 0.25) is 0 Å². The zero-order valence-corrected chi connectivity index (χ0v) is 17.5. The SMILES string of the molecule is CC(=O)COc1ncccc1Oc1cc(-n2c(=O)cc(C(F)(F)F)n(C)c2=O)c(F)cc1C#N. The molecule has 2 aromatic heterocycles. The van der Waals surface area contributed by atoms with Crippen LogP contribution in [0, 0.1) is 17.1 Å². The van der Waals surface area contributed by atoms with Crippen molar-refractivity contribution in [2.45, 2.75) is 13.1 Å². The van der Waals surface area contributed by atoms with Crippen molar-refractivity contribution in [1.29, 1.82) is 5.26 Å². The molecule has 2 heterocycles. The number of ketones is 1. The van der Waals surface area contributed by atoms with Crippen molar-refractivity contribution in [2.75, 3.05) is 6.61 Å². The van der Waals surface area contributed by atoms with E-state index in [1.807, 2.05) is 0 Å². The maximum Gasteiger partial charge on any atom is 0.431 e. The predicted molar refractivity (Wildman–Crippen MR) is 107 cm³/mol. The van der Waals surface area contributed by atoms with Crippen LogP contribution in [-0.2, 0) is 18.0 Å². The smallest absolute Gasteiger partial charge is 0.431 e. The number of hydrogen-bond acceptors (Lipinski definition) is 7. The Morgan fingerprint density at radius 2 is 1.91 bits per heavy atom. The van der Waals surface area contributed by atoms with Gasteiger partial charge in [-0.15, -0.1) is 0 Å². The Balaban J connectivity index is 2.17. The van der Waals surface area contributed by atoms with Gasteiger partial charge in [0.2, 0.25) is 0 Å². The Kier molecular flexibility index (Phi) is 6.53. The van der Waals surface area contributed by atoms with Crippen LogP contribution in [0.15, 0.2) is 46.1 Å². The molecule has 0 aliphatic heterocycles. The van der Waals surface area contributed by atoms with Gasteiger partial charge in [0.15, 0.2) is 11.5 Å². The number of aromatic nitrogens is 3. The summed E-state index contributed by atoms with van der Waals surface area (Å²) in [6.07, 6.45) is -3.67. The molecule has 0 fully saturated rings. The van der Waals surface area contributed by atoms with Crippen molar-refractivity contribution in [1.82, 2.24) is 14.1 Å². The van der Waals surface area contributed by atoms with Gasteiger partial charge in [0, 0.05) is 25.4 Å². The molecular weight excluding hydrogens is 464 g/mol. The summed E-state index contributed by atoms with van der Waals surface area (Å²) in [6.45, 7) is 0.927. The first kappa shape index (κ1) is 24.2. The van der Waals surface area contributed by atoms with Crippen molar-refractivity contribution in [3.8, 4) is 29.1 Å². The quantitative estimate of drug-likeness (QED) is 0.500. The van der Waals surface area contributed by atoms with E-state index in [4.69, 9.17) is 9.47 Å². The molecular formula is C21H14F4N4O5. The minimum absolute atomic E-state index is 0.0922. The van der Waals surface area contributed by atoms with Crippen LogP contribution in [0.25, 0.3) is 5.69 Å². The summed E-state index contributed by atoms with van der Waals surface area (Å²) in [5.74, 6) is -2.15. The molecule has 0 aliphatic carbocycles. The molecule has 3 rings (SSSR count). The largest absolute Gasteiger partial charge is 0.467 e. The summed E-state index contributed by atoms with van der Waals surface area (Å²) in [4.78, 5) is 40.0. The molecule has 0 saturated heterocycles. The highest BCUT2D eigenvalue weighted by Crippen LogP contribution is 2.33. The third kappa shape index (κ3) is 4.80. The minimum Gasteiger partial charge on any atom is -0.467 e. The van der Waals surface area contributed by atoms with Crippen molar-refractivity contribution in [2.24, 2.45) is 7.05 Å². The van der Waals surface area contributed by atoms with Crippen LogP contribution in [0.3, 0.4) is 0 Å². The lowest BCUT2D eigenvalue weighted by molar-refractivity contribution is -0.144. The first-order valence-electron chi connectivity index (χ1n) is 9.33. The number of rotatable bonds is 6. The lowest BCUT2D eigenvalue weighted by Gasteiger charge is -2.16. The minimum atomic E-state index is -5.00. The third-order valence-electron chi connectivity index (χ3n) is 4.39. The van der Waals surface area contributed by atoms with Crippen LogP contribution in [-0.4, -0.2) is 26.5 Å². The zero-order chi connectivity index (χ0) is 25.2. The Hall–Kier alpha value is -4.47. The number of nitrogens with zero attached hydrogens (tertiary/aromatic N) is 4. The number of alkyl halides is 3. The van der Waals surface area contributed by atoms with Gasteiger partial charge >= 0.3 is 11.9 Å². The second-order valence-corrected chi connectivity index (χ2v) is 6.85. The molecule has 176 valence electrons. The number of Topliss-reactive ketones (excluding diaryl/α,β-unsaturated/α-hetero) is 1. The van der Waals surface area contributed by atoms with Gasteiger partial charge in [0.05, 0.1) is 11.3 Å². The highest BCUT2D eigenvalue weighted by atomic mass is 19.4. The van der Waals surface area contributed by atoms with Crippen LogP contribution in [0.5, 0.6) is 17.4 Å². The van der Waals surface area contributed by atoms with E-state index in [1.54, 1.807) is 6.07 Å². The summed E-state index contributed by atoms with van der Waals surface area (Å²) < 4.78 is 65.2. The van der Waals surface area contributed by atoms with E-state index in [9.17, 15) is 37.2 Å². The van der Waals surface area contributed by atoms with Crippen molar-refractivity contribution < 1.29 is 31.8 Å². The van der Waals surface area contributed by atoms with Gasteiger partial charge < -0.3 is 9.47 Å². The summed E-state index contributed by atoms with van der Waals surface area (Å²) >= 11 is 0. The van der Waals surface area contributed by atoms with Crippen molar-refractivity contribution in [3.63, 3.8) is 0 Å². The monoisotopic (exact) mass is 478 g/mol. The van der Waals surface area contributed by atoms with E-state index in [2.05, 4.69) is 4.98 Å². The van der Waals surface area contributed by atoms with E-state index in [0.717, 1.165) is 13.1 Å². The Bertz CT molecular complexity index is 1440. The first-order chi connectivity index (χ1) is 15.9. The van der Waals surface area contributed by atoms with E-state index >= 15 is 0 Å². The van der Waals surface area contributed by atoms with Crippen molar-refractivity contribution in [3.05, 3.63) is 74.4 Å². The number of halogens is 4. The molecule has 0 aliphatic rings. The number of carbonyl (C=O) groups excluding carboxylic acids is 1. The fourth-order valence-electron chi connectivity index (χ4n) is 2.86. The normalized spacial score (nSPS) is 11.1. The standard InChI is InChI=1S/C21H14F4N4O5/c1-11(30)10-33-19-15(4-3-5-27-19)34-16-7-14(13(22)6-12(16)9-26)29-18(31)8-17(21(23,24)25)28(2)20(29)32/h3-8H,10H2,1-2H3. The Morgan fingerprint density at radius 1 is 1.21 bits per heavy atom. The second-order valence-electron chi connectivity index (χ2n) is 6.85. The number of nitriles is 1. The van der Waals surface area contributed by atoms with Crippen LogP contribution >= 0.6 is 0 Å². The number of pyridine rings is 1. The van der Waals surface area contributed by atoms with E-state index in [0.29, 0.717) is 6.07 Å². The fourth-order valence-corrected chi connectivity index (χ4v) is 2.86. The summed E-state index contributed by atoms with van der Waals surface area (Å²) in [6, 6.07) is 6.08. The maximum atomic E-state index is 14.7. The molecule has 13 heteroatoms. The molecule has 0 amide bonds. The van der Waals surface area contributed by atoms with Crippen LogP contribution in [0.4, 0.5) is 17.6 Å². The summed E-state index contributed by atoms with van der Waals surface area (Å²) in [5.41, 5.74) is -5.55. The average molecular weight is 478 g/mol. The highest BCUT2D eigenvalue weighted by molar-refractivity contribution is 5.77. The zero-order valence-electron chi connectivity index (χ0n) is 17.5. The number of ether oxygens (including phenoxy) is 2. The Morgan fingerprint density at radius 3 is 2.53 bits per heavy atom. The lowest BCUT2D eigenvalue weighted by Crippen LogP contribution is -2.41. The number of carbonyl (C=O) groups is 1.